The van der Waals surface area contributed by atoms with Crippen LogP contribution in [-0.2, 0) is 9.59 Å². The van der Waals surface area contributed by atoms with Crippen LogP contribution in [0.2, 0.25) is 0 Å². The summed E-state index contributed by atoms with van der Waals surface area (Å²) in [4.78, 5) is 25.4. The smallest absolute Gasteiger partial charge is 0.321 e. The highest BCUT2D eigenvalue weighted by molar-refractivity contribution is 5.80. The van der Waals surface area contributed by atoms with Crippen LogP contribution < -0.4 is 5.32 Å². The summed E-state index contributed by atoms with van der Waals surface area (Å²) in [7, 11) is 0. The fourth-order valence-corrected chi connectivity index (χ4v) is 3.71. The average molecular weight is 296 g/mol. The zero-order valence-electron chi connectivity index (χ0n) is 13.2. The van der Waals surface area contributed by atoms with Gasteiger partial charge in [-0.25, -0.2) is 0 Å². The molecule has 1 aliphatic heterocycles. The number of likely N-dealkylation sites (tertiary alicyclic amines) is 1. The van der Waals surface area contributed by atoms with E-state index < -0.39 is 12.0 Å². The molecule has 2 aliphatic rings. The molecular weight excluding hydrogens is 268 g/mol. The molecular formula is C16H28N2O3. The second-order valence-electron chi connectivity index (χ2n) is 6.90. The number of rotatable bonds is 4. The molecule has 2 rings (SSSR count). The van der Waals surface area contributed by atoms with E-state index in [2.05, 4.69) is 12.2 Å². The normalized spacial score (nSPS) is 34.4. The quantitative estimate of drug-likeness (QED) is 0.831. The number of carbonyl (C=O) groups excluding carboxylic acids is 1. The number of amides is 1. The van der Waals surface area contributed by atoms with Crippen molar-refractivity contribution in [2.75, 3.05) is 13.1 Å². The molecule has 0 aromatic rings. The lowest BCUT2D eigenvalue weighted by Crippen LogP contribution is -2.53. The molecule has 1 saturated heterocycles. The summed E-state index contributed by atoms with van der Waals surface area (Å²) in [5.74, 6) is 0.0495. The van der Waals surface area contributed by atoms with Crippen molar-refractivity contribution in [3.8, 4) is 0 Å². The molecule has 2 unspecified atom stereocenters. The van der Waals surface area contributed by atoms with Gasteiger partial charge >= 0.3 is 5.97 Å². The monoisotopic (exact) mass is 296 g/mol. The Labute approximate surface area is 127 Å². The van der Waals surface area contributed by atoms with Crippen LogP contribution >= 0.6 is 0 Å². The molecule has 0 bridgehead atoms. The summed E-state index contributed by atoms with van der Waals surface area (Å²) >= 11 is 0. The summed E-state index contributed by atoms with van der Waals surface area (Å²) in [5, 5.41) is 12.5. The molecule has 1 saturated carbocycles. The predicted molar refractivity (Wildman–Crippen MR) is 81.0 cm³/mol. The molecule has 1 heterocycles. The number of hydrogen-bond acceptors (Lipinski definition) is 3. The highest BCUT2D eigenvalue weighted by Gasteiger charge is 2.35. The second kappa shape index (κ2) is 7.25. The van der Waals surface area contributed by atoms with Crippen LogP contribution in [0.1, 0.15) is 52.4 Å². The van der Waals surface area contributed by atoms with Gasteiger partial charge in [0.05, 0.1) is 6.54 Å². The number of aliphatic carboxylic acids is 1. The van der Waals surface area contributed by atoms with Crippen LogP contribution in [0.3, 0.4) is 0 Å². The van der Waals surface area contributed by atoms with Gasteiger partial charge in [0.25, 0.3) is 0 Å². The van der Waals surface area contributed by atoms with Crippen molar-refractivity contribution in [3.05, 3.63) is 0 Å². The Hall–Kier alpha value is -1.10. The third-order valence-corrected chi connectivity index (χ3v) is 5.02. The maximum atomic E-state index is 12.2. The lowest BCUT2D eigenvalue weighted by atomic mass is 9.87. The predicted octanol–water partition coefficient (Wildman–Crippen LogP) is 1.87. The van der Waals surface area contributed by atoms with E-state index in [0.717, 1.165) is 31.6 Å². The van der Waals surface area contributed by atoms with E-state index in [1.807, 2.05) is 11.8 Å². The molecule has 0 spiro atoms. The summed E-state index contributed by atoms with van der Waals surface area (Å²) in [6.07, 6.45) is 6.33. The van der Waals surface area contributed by atoms with Gasteiger partial charge in [0, 0.05) is 6.04 Å². The molecule has 0 aromatic heterocycles. The zero-order valence-corrected chi connectivity index (χ0v) is 13.2. The van der Waals surface area contributed by atoms with Crippen LogP contribution in [0.4, 0.5) is 0 Å². The first-order valence-corrected chi connectivity index (χ1v) is 8.23. The lowest BCUT2D eigenvalue weighted by Gasteiger charge is -2.37. The maximum Gasteiger partial charge on any atom is 0.321 e. The molecule has 21 heavy (non-hydrogen) atoms. The fourth-order valence-electron chi connectivity index (χ4n) is 3.71. The van der Waals surface area contributed by atoms with Gasteiger partial charge in [-0.2, -0.15) is 0 Å². The van der Waals surface area contributed by atoms with Gasteiger partial charge in [-0.15, -0.1) is 0 Å². The topological polar surface area (TPSA) is 69.6 Å². The Morgan fingerprint density at radius 1 is 1.14 bits per heavy atom. The van der Waals surface area contributed by atoms with E-state index in [4.69, 9.17) is 0 Å². The van der Waals surface area contributed by atoms with Crippen LogP contribution in [0.25, 0.3) is 0 Å². The van der Waals surface area contributed by atoms with E-state index >= 15 is 0 Å². The molecule has 1 aliphatic carbocycles. The number of carboxylic acids is 1. The molecule has 1 amide bonds. The van der Waals surface area contributed by atoms with Crippen molar-refractivity contribution >= 4 is 11.9 Å². The number of nitrogens with one attached hydrogen (secondary N) is 1. The zero-order chi connectivity index (χ0) is 15.4. The van der Waals surface area contributed by atoms with E-state index in [-0.39, 0.29) is 24.4 Å². The minimum Gasteiger partial charge on any atom is -0.480 e. The van der Waals surface area contributed by atoms with Gasteiger partial charge in [0.15, 0.2) is 0 Å². The van der Waals surface area contributed by atoms with E-state index in [0.29, 0.717) is 6.54 Å². The minimum atomic E-state index is -0.804. The Morgan fingerprint density at radius 3 is 2.43 bits per heavy atom. The van der Waals surface area contributed by atoms with Gasteiger partial charge < -0.3 is 10.4 Å². The number of carboxylic acid groups (broad SMARTS) is 1. The van der Waals surface area contributed by atoms with Gasteiger partial charge in [-0.3, -0.25) is 14.5 Å². The van der Waals surface area contributed by atoms with Crippen LogP contribution in [0.5, 0.6) is 0 Å². The highest BCUT2D eigenvalue weighted by Crippen LogP contribution is 2.25. The molecule has 2 atom stereocenters. The summed E-state index contributed by atoms with van der Waals surface area (Å²) in [6, 6.07) is -0.241. The number of piperidine rings is 1. The minimum absolute atomic E-state index is 0.0186. The van der Waals surface area contributed by atoms with Crippen molar-refractivity contribution < 1.29 is 14.7 Å². The molecule has 2 N–H and O–H groups in total. The van der Waals surface area contributed by atoms with Crippen LogP contribution in [-0.4, -0.2) is 47.1 Å². The first kappa shape index (κ1) is 16.3. The first-order valence-electron chi connectivity index (χ1n) is 8.23. The lowest BCUT2D eigenvalue weighted by molar-refractivity contribution is -0.147. The Kier molecular flexibility index (Phi) is 5.62. The third kappa shape index (κ3) is 4.43. The van der Waals surface area contributed by atoms with Crippen LogP contribution in [0, 0.1) is 11.8 Å². The number of nitrogens with zero attached hydrogens (tertiary/aromatic N) is 1. The average Bonchev–Trinajstić information content (AvgIpc) is 2.41. The molecule has 0 aromatic carbocycles. The Bertz CT molecular complexity index is 378. The summed E-state index contributed by atoms with van der Waals surface area (Å²) in [6.45, 7) is 5.14. The van der Waals surface area contributed by atoms with E-state index in [1.165, 1.54) is 12.8 Å². The third-order valence-electron chi connectivity index (χ3n) is 5.02. The fraction of sp³-hybridized carbons (Fsp3) is 0.875. The van der Waals surface area contributed by atoms with Gasteiger partial charge in [0.2, 0.25) is 5.91 Å². The van der Waals surface area contributed by atoms with Crippen LogP contribution in [0.15, 0.2) is 0 Å². The SMILES string of the molecule is CC1CCC(NC(=O)CN2CCCC(C)C2C(=O)O)CC1. The molecule has 2 fully saturated rings. The number of hydrogen-bond donors (Lipinski definition) is 2. The number of carbonyl (C=O) groups is 2. The van der Waals surface area contributed by atoms with E-state index in [9.17, 15) is 14.7 Å². The molecule has 0 radical (unpaired) electrons. The van der Waals surface area contributed by atoms with E-state index in [1.54, 1.807) is 0 Å². The molecule has 120 valence electrons. The van der Waals surface area contributed by atoms with Crippen molar-refractivity contribution in [2.24, 2.45) is 11.8 Å². The molecule has 5 heteroatoms. The second-order valence-corrected chi connectivity index (χ2v) is 6.90. The van der Waals surface area contributed by atoms with Crippen molar-refractivity contribution in [3.63, 3.8) is 0 Å². The Morgan fingerprint density at radius 2 is 1.81 bits per heavy atom. The van der Waals surface area contributed by atoms with Crippen molar-refractivity contribution in [1.29, 1.82) is 0 Å². The van der Waals surface area contributed by atoms with Crippen molar-refractivity contribution in [2.45, 2.75) is 64.5 Å². The highest BCUT2D eigenvalue weighted by atomic mass is 16.4. The van der Waals surface area contributed by atoms with Gasteiger partial charge in [-0.05, 0) is 56.9 Å². The first-order chi connectivity index (χ1) is 9.97. The maximum absolute atomic E-state index is 12.2. The van der Waals surface area contributed by atoms with Crippen molar-refractivity contribution in [1.82, 2.24) is 10.2 Å². The Balaban J connectivity index is 1.84. The van der Waals surface area contributed by atoms with Gasteiger partial charge in [-0.1, -0.05) is 13.8 Å². The standard InChI is InChI=1S/C16H28N2O3/c1-11-5-7-13(8-6-11)17-14(19)10-18-9-3-4-12(2)15(18)16(20)21/h11-13,15H,3-10H2,1-2H3,(H,17,19)(H,20,21). The summed E-state index contributed by atoms with van der Waals surface area (Å²) in [5.41, 5.74) is 0. The largest absolute Gasteiger partial charge is 0.480 e. The van der Waals surface area contributed by atoms with Gasteiger partial charge in [0.1, 0.15) is 6.04 Å². The summed E-state index contributed by atoms with van der Waals surface area (Å²) < 4.78 is 0. The molecule has 5 nitrogen and oxygen atoms in total.